The molecule has 3 aromatic heterocycles. The smallest absolute Gasteiger partial charge is 0.252 e. The lowest BCUT2D eigenvalue weighted by atomic mass is 10.1. The van der Waals surface area contributed by atoms with Crippen molar-refractivity contribution in [2.45, 2.75) is 19.9 Å². The van der Waals surface area contributed by atoms with Crippen LogP contribution < -0.4 is 11.1 Å². The van der Waals surface area contributed by atoms with Crippen LogP contribution in [0.3, 0.4) is 0 Å². The monoisotopic (exact) mass is 376 g/mol. The normalized spacial score (nSPS) is 11.2. The number of fused-ring (bicyclic) bond motifs is 1. The molecule has 0 spiro atoms. The van der Waals surface area contributed by atoms with Crippen LogP contribution in [0.2, 0.25) is 0 Å². The Balaban J connectivity index is 1.78. The Kier molecular flexibility index (Phi) is 4.41. The number of nitrogens with zero attached hydrogens (tertiary/aromatic N) is 2. The molecule has 6 heteroatoms. The third-order valence-corrected chi connectivity index (χ3v) is 5.28. The third kappa shape index (κ3) is 3.31. The second-order valence-corrected chi connectivity index (χ2v) is 7.66. The summed E-state index contributed by atoms with van der Waals surface area (Å²) < 4.78 is 1.78. The molecule has 0 saturated heterocycles. The van der Waals surface area contributed by atoms with E-state index >= 15 is 0 Å². The molecule has 0 fully saturated rings. The first-order valence-corrected chi connectivity index (χ1v) is 9.63. The molecular formula is C21H20N4OS. The number of hydrogen-bond acceptors (Lipinski definition) is 4. The van der Waals surface area contributed by atoms with Crippen LogP contribution in [0.4, 0.5) is 5.69 Å². The Bertz CT molecular complexity index is 1100. The van der Waals surface area contributed by atoms with Crippen LogP contribution in [-0.4, -0.2) is 21.6 Å². The van der Waals surface area contributed by atoms with Crippen LogP contribution in [-0.2, 0) is 0 Å². The van der Waals surface area contributed by atoms with Crippen molar-refractivity contribution in [1.29, 1.82) is 0 Å². The first-order valence-electron chi connectivity index (χ1n) is 8.75. The molecular weight excluding hydrogens is 356 g/mol. The fourth-order valence-electron chi connectivity index (χ4n) is 3.11. The minimum absolute atomic E-state index is 0.165. The van der Waals surface area contributed by atoms with Gasteiger partial charge in [-0.05, 0) is 42.5 Å². The van der Waals surface area contributed by atoms with Gasteiger partial charge in [-0.15, -0.1) is 11.3 Å². The molecule has 0 aliphatic heterocycles. The summed E-state index contributed by atoms with van der Waals surface area (Å²) in [4.78, 5) is 13.1. The number of thiophene rings is 1. The van der Waals surface area contributed by atoms with E-state index in [1.54, 1.807) is 15.9 Å². The Hall–Kier alpha value is -3.12. The van der Waals surface area contributed by atoms with E-state index in [9.17, 15) is 4.79 Å². The number of benzene rings is 1. The molecule has 5 nitrogen and oxygen atoms in total. The zero-order valence-electron chi connectivity index (χ0n) is 15.1. The van der Waals surface area contributed by atoms with Crippen LogP contribution in [0, 0.1) is 0 Å². The zero-order chi connectivity index (χ0) is 19.0. The molecule has 3 N–H and O–H groups in total. The standard InChI is InChI=1S/C21H20N4OS/c1-13(2)24-20-17(21(22)26)11-23-25-12-16(10-18(20)25)14-5-7-15(8-6-14)19-4-3-9-27-19/h3-13,24H,1-2H3,(H2,22,26). The summed E-state index contributed by atoms with van der Waals surface area (Å²) in [6, 6.07) is 14.8. The Morgan fingerprint density at radius 1 is 1.15 bits per heavy atom. The second kappa shape index (κ2) is 6.89. The maximum Gasteiger partial charge on any atom is 0.252 e. The molecule has 4 rings (SSSR count). The van der Waals surface area contributed by atoms with Crippen molar-refractivity contribution in [2.24, 2.45) is 5.73 Å². The van der Waals surface area contributed by atoms with E-state index in [1.807, 2.05) is 26.1 Å². The summed E-state index contributed by atoms with van der Waals surface area (Å²) in [5.74, 6) is -0.490. The number of primary amides is 1. The molecule has 27 heavy (non-hydrogen) atoms. The highest BCUT2D eigenvalue weighted by molar-refractivity contribution is 7.13. The summed E-state index contributed by atoms with van der Waals surface area (Å²) in [6.07, 6.45) is 3.48. The van der Waals surface area contributed by atoms with Gasteiger partial charge in [-0.2, -0.15) is 5.10 Å². The zero-order valence-corrected chi connectivity index (χ0v) is 16.0. The lowest BCUT2D eigenvalue weighted by Crippen LogP contribution is -2.19. The average molecular weight is 376 g/mol. The van der Waals surface area contributed by atoms with Gasteiger partial charge in [0.05, 0.1) is 23.0 Å². The number of hydrogen-bond donors (Lipinski definition) is 2. The molecule has 136 valence electrons. The molecule has 0 saturated carbocycles. The van der Waals surface area contributed by atoms with E-state index in [1.165, 1.54) is 16.6 Å². The maximum absolute atomic E-state index is 11.8. The van der Waals surface area contributed by atoms with Crippen LogP contribution in [0.1, 0.15) is 24.2 Å². The molecule has 0 aliphatic rings. The summed E-state index contributed by atoms with van der Waals surface area (Å²) >= 11 is 1.73. The number of rotatable bonds is 5. The van der Waals surface area contributed by atoms with Crippen LogP contribution in [0.15, 0.2) is 60.2 Å². The predicted octanol–water partition coefficient (Wildman–Crippen LogP) is 4.65. The number of nitrogens with two attached hydrogens (primary N) is 1. The highest BCUT2D eigenvalue weighted by Crippen LogP contribution is 2.31. The van der Waals surface area contributed by atoms with E-state index in [-0.39, 0.29) is 6.04 Å². The lowest BCUT2D eigenvalue weighted by Gasteiger charge is -2.14. The molecule has 0 atom stereocenters. The van der Waals surface area contributed by atoms with Crippen molar-refractivity contribution in [3.05, 3.63) is 65.8 Å². The van der Waals surface area contributed by atoms with E-state index < -0.39 is 5.91 Å². The van der Waals surface area contributed by atoms with Gasteiger partial charge in [0.2, 0.25) is 0 Å². The summed E-state index contributed by atoms with van der Waals surface area (Å²) in [5, 5.41) is 9.76. The molecule has 1 amide bonds. The number of carbonyl (C=O) groups excluding carboxylic acids is 1. The van der Waals surface area contributed by atoms with Gasteiger partial charge in [-0.3, -0.25) is 4.79 Å². The molecule has 0 radical (unpaired) electrons. The van der Waals surface area contributed by atoms with Crippen molar-refractivity contribution < 1.29 is 4.79 Å². The number of nitrogens with one attached hydrogen (secondary N) is 1. The first-order chi connectivity index (χ1) is 13.0. The minimum atomic E-state index is -0.490. The maximum atomic E-state index is 11.8. The van der Waals surface area contributed by atoms with Gasteiger partial charge in [-0.25, -0.2) is 4.52 Å². The predicted molar refractivity (Wildman–Crippen MR) is 111 cm³/mol. The van der Waals surface area contributed by atoms with E-state index in [4.69, 9.17) is 5.73 Å². The Morgan fingerprint density at radius 2 is 1.89 bits per heavy atom. The Labute approximate surface area is 161 Å². The number of carbonyl (C=O) groups is 1. The first kappa shape index (κ1) is 17.3. The second-order valence-electron chi connectivity index (χ2n) is 6.71. The molecule has 1 aromatic carbocycles. The van der Waals surface area contributed by atoms with Gasteiger partial charge in [-0.1, -0.05) is 30.3 Å². The quantitative estimate of drug-likeness (QED) is 0.532. The number of anilines is 1. The summed E-state index contributed by atoms with van der Waals surface area (Å²) in [6.45, 7) is 4.05. The largest absolute Gasteiger partial charge is 0.380 e. The topological polar surface area (TPSA) is 72.4 Å². The summed E-state index contributed by atoms with van der Waals surface area (Å²) in [7, 11) is 0. The fraction of sp³-hybridized carbons (Fsp3) is 0.143. The highest BCUT2D eigenvalue weighted by Gasteiger charge is 2.16. The van der Waals surface area contributed by atoms with Gasteiger partial charge >= 0.3 is 0 Å². The van der Waals surface area contributed by atoms with E-state index in [2.05, 4.69) is 52.2 Å². The molecule has 0 bridgehead atoms. The van der Waals surface area contributed by atoms with Gasteiger partial charge in [0.1, 0.15) is 0 Å². The number of amides is 1. The van der Waals surface area contributed by atoms with Crippen molar-refractivity contribution in [2.75, 3.05) is 5.32 Å². The number of aromatic nitrogens is 2. The SMILES string of the molecule is CC(C)Nc1c(C(N)=O)cnn2cc(-c3ccc(-c4cccs4)cc3)cc12. The minimum Gasteiger partial charge on any atom is -0.380 e. The third-order valence-electron chi connectivity index (χ3n) is 4.36. The molecule has 3 heterocycles. The lowest BCUT2D eigenvalue weighted by molar-refractivity contribution is 0.100. The fourth-order valence-corrected chi connectivity index (χ4v) is 3.84. The Morgan fingerprint density at radius 3 is 2.52 bits per heavy atom. The van der Waals surface area contributed by atoms with Crippen LogP contribution in [0.25, 0.3) is 27.1 Å². The summed E-state index contributed by atoms with van der Waals surface area (Å²) in [5.41, 5.74) is 10.8. The van der Waals surface area contributed by atoms with Crippen molar-refractivity contribution in [1.82, 2.24) is 9.61 Å². The highest BCUT2D eigenvalue weighted by atomic mass is 32.1. The van der Waals surface area contributed by atoms with E-state index in [0.29, 0.717) is 11.3 Å². The van der Waals surface area contributed by atoms with Gasteiger partial charge in [0.15, 0.2) is 0 Å². The van der Waals surface area contributed by atoms with Crippen LogP contribution >= 0.6 is 11.3 Å². The van der Waals surface area contributed by atoms with E-state index in [0.717, 1.165) is 16.6 Å². The molecule has 0 aliphatic carbocycles. The van der Waals surface area contributed by atoms with Gasteiger partial charge < -0.3 is 11.1 Å². The molecule has 0 unspecified atom stereocenters. The van der Waals surface area contributed by atoms with Gasteiger partial charge in [0, 0.05) is 22.7 Å². The van der Waals surface area contributed by atoms with Crippen molar-refractivity contribution in [3.8, 4) is 21.6 Å². The van der Waals surface area contributed by atoms with Crippen molar-refractivity contribution >= 4 is 28.4 Å². The van der Waals surface area contributed by atoms with Crippen LogP contribution in [0.5, 0.6) is 0 Å². The molecule has 4 aromatic rings. The van der Waals surface area contributed by atoms with Crippen molar-refractivity contribution in [3.63, 3.8) is 0 Å². The van der Waals surface area contributed by atoms with Gasteiger partial charge in [0.25, 0.3) is 5.91 Å². The average Bonchev–Trinajstić information content (AvgIpc) is 3.31.